The van der Waals surface area contributed by atoms with Crippen LogP contribution in [0.15, 0.2) is 5.38 Å². The van der Waals surface area contributed by atoms with E-state index in [-0.39, 0.29) is 24.1 Å². The van der Waals surface area contributed by atoms with E-state index in [1.165, 1.54) is 16.7 Å². The molecule has 100 valence electrons. The molecule has 1 heterocycles. The molecule has 0 aromatic carbocycles. The number of rotatable bonds is 7. The smallest absolute Gasteiger partial charge is 0.355 e. The second-order valence-corrected chi connectivity index (χ2v) is 4.92. The number of aromatic carboxylic acids is 1. The first-order chi connectivity index (χ1) is 8.52. The molecular formula is C11H16N2O4S. The van der Waals surface area contributed by atoms with Crippen molar-refractivity contribution in [3.8, 4) is 0 Å². The number of hydrogen-bond acceptors (Lipinski definition) is 5. The molecule has 0 saturated carbocycles. The molecule has 18 heavy (non-hydrogen) atoms. The summed E-state index contributed by atoms with van der Waals surface area (Å²) in [4.78, 5) is 26.0. The van der Waals surface area contributed by atoms with Crippen molar-refractivity contribution in [1.29, 1.82) is 0 Å². The first-order valence-corrected chi connectivity index (χ1v) is 6.34. The zero-order valence-electron chi connectivity index (χ0n) is 10.3. The van der Waals surface area contributed by atoms with Gasteiger partial charge < -0.3 is 15.2 Å². The normalized spacial score (nSPS) is 12.1. The Balaban J connectivity index is 2.35. The number of aromatic nitrogens is 1. The Morgan fingerprint density at radius 3 is 2.89 bits per heavy atom. The van der Waals surface area contributed by atoms with Crippen LogP contribution in [-0.2, 0) is 16.1 Å². The van der Waals surface area contributed by atoms with Crippen molar-refractivity contribution >= 4 is 23.2 Å². The van der Waals surface area contributed by atoms with Crippen molar-refractivity contribution in [2.24, 2.45) is 5.92 Å². The van der Waals surface area contributed by atoms with Gasteiger partial charge in [-0.2, -0.15) is 0 Å². The summed E-state index contributed by atoms with van der Waals surface area (Å²) in [5.41, 5.74) is 0.0111. The van der Waals surface area contributed by atoms with Crippen LogP contribution in [0.25, 0.3) is 0 Å². The largest absolute Gasteiger partial charge is 0.476 e. The van der Waals surface area contributed by atoms with Crippen LogP contribution in [0.4, 0.5) is 0 Å². The lowest BCUT2D eigenvalue weighted by Crippen LogP contribution is -2.25. The number of amides is 1. The third kappa shape index (κ3) is 4.80. The van der Waals surface area contributed by atoms with Gasteiger partial charge in [-0.1, -0.05) is 6.92 Å². The Hall–Kier alpha value is -1.47. The molecule has 1 aromatic rings. The Morgan fingerprint density at radius 2 is 2.33 bits per heavy atom. The molecule has 1 amide bonds. The van der Waals surface area contributed by atoms with Crippen molar-refractivity contribution in [2.45, 2.75) is 19.9 Å². The number of thiazole rings is 1. The SMILES string of the molecule is COCC(C)CC(=O)NCc1nc(C(=O)O)cs1. The average molecular weight is 272 g/mol. The predicted molar refractivity (Wildman–Crippen MR) is 66.6 cm³/mol. The van der Waals surface area contributed by atoms with Crippen LogP contribution in [0.1, 0.15) is 28.8 Å². The molecule has 0 aliphatic heterocycles. The highest BCUT2D eigenvalue weighted by Crippen LogP contribution is 2.09. The molecule has 7 heteroatoms. The van der Waals surface area contributed by atoms with E-state index in [4.69, 9.17) is 9.84 Å². The summed E-state index contributed by atoms with van der Waals surface area (Å²) >= 11 is 1.22. The van der Waals surface area contributed by atoms with Gasteiger partial charge in [0, 0.05) is 25.5 Å². The fourth-order valence-corrected chi connectivity index (χ4v) is 2.10. The molecule has 0 saturated heterocycles. The lowest BCUT2D eigenvalue weighted by molar-refractivity contribution is -0.122. The fourth-order valence-electron chi connectivity index (χ4n) is 1.40. The van der Waals surface area contributed by atoms with Crippen molar-refractivity contribution in [3.63, 3.8) is 0 Å². The lowest BCUT2D eigenvalue weighted by Gasteiger charge is -2.09. The van der Waals surface area contributed by atoms with E-state index >= 15 is 0 Å². The summed E-state index contributed by atoms with van der Waals surface area (Å²) in [7, 11) is 1.59. The fraction of sp³-hybridized carbons (Fsp3) is 0.545. The molecule has 2 N–H and O–H groups in total. The van der Waals surface area contributed by atoms with Crippen LogP contribution in [0.5, 0.6) is 0 Å². The number of nitrogens with one attached hydrogen (secondary N) is 1. The van der Waals surface area contributed by atoms with Crippen molar-refractivity contribution in [2.75, 3.05) is 13.7 Å². The average Bonchev–Trinajstić information content (AvgIpc) is 2.75. The van der Waals surface area contributed by atoms with Gasteiger partial charge in [-0.3, -0.25) is 4.79 Å². The lowest BCUT2D eigenvalue weighted by atomic mass is 10.1. The van der Waals surface area contributed by atoms with E-state index < -0.39 is 5.97 Å². The van der Waals surface area contributed by atoms with E-state index in [9.17, 15) is 9.59 Å². The summed E-state index contributed by atoms with van der Waals surface area (Å²) < 4.78 is 4.94. The zero-order valence-corrected chi connectivity index (χ0v) is 11.1. The second kappa shape index (κ2) is 7.07. The Kier molecular flexibility index (Phi) is 5.73. The number of ether oxygens (including phenoxy) is 1. The molecule has 1 rings (SSSR count). The van der Waals surface area contributed by atoms with Gasteiger partial charge in [0.15, 0.2) is 5.69 Å². The minimum atomic E-state index is -1.06. The predicted octanol–water partition coefficient (Wildman–Crippen LogP) is 1.13. The number of methoxy groups -OCH3 is 1. The quantitative estimate of drug-likeness (QED) is 0.776. The van der Waals surface area contributed by atoms with Gasteiger partial charge in [0.25, 0.3) is 0 Å². The maximum absolute atomic E-state index is 11.5. The minimum Gasteiger partial charge on any atom is -0.476 e. The number of carboxylic acid groups (broad SMARTS) is 1. The highest BCUT2D eigenvalue weighted by molar-refractivity contribution is 7.09. The van der Waals surface area contributed by atoms with Gasteiger partial charge in [0.1, 0.15) is 5.01 Å². The standard InChI is InChI=1S/C11H16N2O4S/c1-7(5-17-2)3-9(14)12-4-10-13-8(6-18-10)11(15)16/h6-7H,3-5H2,1-2H3,(H,12,14)(H,15,16). The van der Waals surface area contributed by atoms with Crippen LogP contribution in [0.2, 0.25) is 0 Å². The maximum Gasteiger partial charge on any atom is 0.355 e. The Labute approximate surface area is 109 Å². The Morgan fingerprint density at radius 1 is 1.61 bits per heavy atom. The molecule has 1 aromatic heterocycles. The van der Waals surface area contributed by atoms with Crippen LogP contribution in [0.3, 0.4) is 0 Å². The van der Waals surface area contributed by atoms with Gasteiger partial charge in [0.05, 0.1) is 6.54 Å². The van der Waals surface area contributed by atoms with Crippen LogP contribution in [-0.4, -0.2) is 35.7 Å². The van der Waals surface area contributed by atoms with Gasteiger partial charge in [-0.25, -0.2) is 9.78 Å². The number of hydrogen-bond donors (Lipinski definition) is 2. The molecule has 0 aliphatic rings. The molecule has 0 spiro atoms. The molecular weight excluding hydrogens is 256 g/mol. The number of carbonyl (C=O) groups is 2. The van der Waals surface area contributed by atoms with Gasteiger partial charge >= 0.3 is 5.97 Å². The minimum absolute atomic E-state index is 0.0111. The molecule has 1 unspecified atom stereocenters. The highest BCUT2D eigenvalue weighted by atomic mass is 32.1. The number of carbonyl (C=O) groups excluding carboxylic acids is 1. The first-order valence-electron chi connectivity index (χ1n) is 5.46. The third-order valence-electron chi connectivity index (χ3n) is 2.19. The summed E-state index contributed by atoms with van der Waals surface area (Å²) in [5.74, 6) is -0.995. The summed E-state index contributed by atoms with van der Waals surface area (Å²) in [6, 6.07) is 0. The van der Waals surface area contributed by atoms with E-state index in [1.807, 2.05) is 6.92 Å². The van der Waals surface area contributed by atoms with Crippen molar-refractivity contribution in [1.82, 2.24) is 10.3 Å². The summed E-state index contributed by atoms with van der Waals surface area (Å²) in [6.07, 6.45) is 0.380. The van der Waals surface area contributed by atoms with Crippen molar-refractivity contribution < 1.29 is 19.4 Å². The molecule has 0 bridgehead atoms. The number of carboxylic acids is 1. The van der Waals surface area contributed by atoms with E-state index in [0.29, 0.717) is 18.0 Å². The first kappa shape index (κ1) is 14.6. The number of nitrogens with zero attached hydrogens (tertiary/aromatic N) is 1. The van der Waals surface area contributed by atoms with E-state index in [2.05, 4.69) is 10.3 Å². The molecule has 0 aliphatic carbocycles. The van der Waals surface area contributed by atoms with Crippen LogP contribution in [0, 0.1) is 5.92 Å². The van der Waals surface area contributed by atoms with Crippen LogP contribution >= 0.6 is 11.3 Å². The molecule has 0 radical (unpaired) electrons. The topological polar surface area (TPSA) is 88.5 Å². The molecule has 1 atom stereocenters. The maximum atomic E-state index is 11.5. The van der Waals surface area contributed by atoms with Crippen molar-refractivity contribution in [3.05, 3.63) is 16.1 Å². The molecule has 0 fully saturated rings. The zero-order chi connectivity index (χ0) is 13.5. The summed E-state index contributed by atoms with van der Waals surface area (Å²) in [5, 5.41) is 13.4. The Bertz CT molecular complexity index is 419. The van der Waals surface area contributed by atoms with Gasteiger partial charge in [0.2, 0.25) is 5.91 Å². The third-order valence-corrected chi connectivity index (χ3v) is 3.04. The summed E-state index contributed by atoms with van der Waals surface area (Å²) in [6.45, 7) is 2.72. The van der Waals surface area contributed by atoms with E-state index in [1.54, 1.807) is 7.11 Å². The monoisotopic (exact) mass is 272 g/mol. The second-order valence-electron chi connectivity index (χ2n) is 3.97. The van der Waals surface area contributed by atoms with Crippen LogP contribution < -0.4 is 5.32 Å². The van der Waals surface area contributed by atoms with Gasteiger partial charge in [-0.15, -0.1) is 11.3 Å². The van der Waals surface area contributed by atoms with Gasteiger partial charge in [-0.05, 0) is 5.92 Å². The molecule has 6 nitrogen and oxygen atoms in total. The van der Waals surface area contributed by atoms with E-state index in [0.717, 1.165) is 0 Å². The highest BCUT2D eigenvalue weighted by Gasteiger charge is 2.11.